The fourth-order valence-electron chi connectivity index (χ4n) is 5.40. The summed E-state index contributed by atoms with van der Waals surface area (Å²) in [6.45, 7) is 0. The Morgan fingerprint density at radius 2 is 1.57 bits per heavy atom. The van der Waals surface area contributed by atoms with Crippen molar-refractivity contribution in [2.24, 2.45) is 5.92 Å². The lowest BCUT2D eigenvalue weighted by Gasteiger charge is -2.47. The van der Waals surface area contributed by atoms with Crippen molar-refractivity contribution in [2.75, 3.05) is 4.90 Å². The van der Waals surface area contributed by atoms with E-state index < -0.39 is 54.2 Å². The molecule has 2 fully saturated rings. The molecular formula is C30H29F2NO9. The summed E-state index contributed by atoms with van der Waals surface area (Å²) in [5.41, 5.74) is 1.79. The SMILES string of the molecule is O=C(O)[C@H]1OC(Oc2cc(F)ccc2CCCC2C(=O)N(c3ccc(F)cc3)C2c2ccc(O)cc2)[C@H](O)[C@@H](O)[C@@H]1O. The van der Waals surface area contributed by atoms with Crippen LogP contribution in [-0.2, 0) is 20.7 Å². The second-order valence-corrected chi connectivity index (χ2v) is 10.3. The van der Waals surface area contributed by atoms with E-state index in [4.69, 9.17) is 9.47 Å². The van der Waals surface area contributed by atoms with Gasteiger partial charge in [0.15, 0.2) is 6.10 Å². The van der Waals surface area contributed by atoms with Gasteiger partial charge in [0, 0.05) is 11.8 Å². The minimum atomic E-state index is -1.90. The summed E-state index contributed by atoms with van der Waals surface area (Å²) >= 11 is 0. The van der Waals surface area contributed by atoms with Gasteiger partial charge in [0.05, 0.1) is 12.0 Å². The molecule has 5 rings (SSSR count). The molecule has 0 saturated carbocycles. The number of aromatic hydroxyl groups is 1. The van der Waals surface area contributed by atoms with E-state index in [1.54, 1.807) is 17.0 Å². The third kappa shape index (κ3) is 5.79. The van der Waals surface area contributed by atoms with Gasteiger partial charge in [-0.3, -0.25) is 4.79 Å². The van der Waals surface area contributed by atoms with Gasteiger partial charge in [0.1, 0.15) is 41.4 Å². The summed E-state index contributed by atoms with van der Waals surface area (Å²) in [6.07, 6.45) is -8.03. The predicted molar refractivity (Wildman–Crippen MR) is 143 cm³/mol. The summed E-state index contributed by atoms with van der Waals surface area (Å²) in [5.74, 6) is -3.29. The van der Waals surface area contributed by atoms with E-state index in [-0.39, 0.29) is 23.4 Å². The van der Waals surface area contributed by atoms with Gasteiger partial charge in [-0.15, -0.1) is 0 Å². The zero-order valence-electron chi connectivity index (χ0n) is 22.1. The monoisotopic (exact) mass is 585 g/mol. The molecule has 3 aromatic carbocycles. The first-order valence-corrected chi connectivity index (χ1v) is 13.3. The first-order valence-electron chi connectivity index (χ1n) is 13.3. The quantitative estimate of drug-likeness (QED) is 0.238. The molecule has 0 aliphatic carbocycles. The lowest BCUT2D eigenvalue weighted by molar-refractivity contribution is -0.271. The van der Waals surface area contributed by atoms with Crippen LogP contribution in [0.5, 0.6) is 11.5 Å². The highest BCUT2D eigenvalue weighted by molar-refractivity contribution is 6.03. The molecule has 1 amide bonds. The van der Waals surface area contributed by atoms with Crippen LogP contribution in [0.2, 0.25) is 0 Å². The van der Waals surface area contributed by atoms with E-state index in [1.807, 2.05) is 0 Å². The summed E-state index contributed by atoms with van der Waals surface area (Å²) in [6, 6.07) is 15.4. The molecule has 42 heavy (non-hydrogen) atoms. The third-order valence-corrected chi connectivity index (χ3v) is 7.60. The van der Waals surface area contributed by atoms with Crippen molar-refractivity contribution in [3.8, 4) is 11.5 Å². The van der Waals surface area contributed by atoms with Crippen LogP contribution >= 0.6 is 0 Å². The van der Waals surface area contributed by atoms with Gasteiger partial charge >= 0.3 is 5.97 Å². The predicted octanol–water partition coefficient (Wildman–Crippen LogP) is 2.67. The Bertz CT molecular complexity index is 1440. The number of amides is 1. The number of phenols is 1. The van der Waals surface area contributed by atoms with Gasteiger partial charge in [-0.1, -0.05) is 18.2 Å². The average molecular weight is 586 g/mol. The molecular weight excluding hydrogens is 556 g/mol. The maximum absolute atomic E-state index is 14.1. The number of hydrogen-bond acceptors (Lipinski definition) is 8. The van der Waals surface area contributed by atoms with Crippen LogP contribution in [0.4, 0.5) is 14.5 Å². The number of β-lactam (4-membered cyclic amide) rings is 1. The summed E-state index contributed by atoms with van der Waals surface area (Å²) in [5, 5.41) is 49.3. The van der Waals surface area contributed by atoms with Crippen LogP contribution in [0.15, 0.2) is 66.7 Å². The number of carbonyl (C=O) groups is 2. The number of benzene rings is 3. The highest BCUT2D eigenvalue weighted by atomic mass is 19.1. The number of carboxylic acids is 1. The fraction of sp³-hybridized carbons (Fsp3) is 0.333. The van der Waals surface area contributed by atoms with Gasteiger partial charge in [-0.05, 0) is 72.9 Å². The second-order valence-electron chi connectivity index (χ2n) is 10.3. The van der Waals surface area contributed by atoms with E-state index >= 15 is 0 Å². The maximum atomic E-state index is 14.1. The zero-order chi connectivity index (χ0) is 30.1. The normalized spacial score (nSPS) is 27.4. The Balaban J connectivity index is 1.31. The number of aliphatic hydroxyl groups excluding tert-OH is 3. The number of hydrogen-bond donors (Lipinski definition) is 5. The summed E-state index contributed by atoms with van der Waals surface area (Å²) in [4.78, 5) is 26.3. The number of aliphatic hydroxyl groups is 3. The largest absolute Gasteiger partial charge is 0.508 e. The molecule has 0 radical (unpaired) electrons. The number of nitrogens with zero attached hydrogens (tertiary/aromatic N) is 1. The number of phenolic OH excluding ortho intramolecular Hbond substituents is 1. The average Bonchev–Trinajstić information content (AvgIpc) is 2.96. The van der Waals surface area contributed by atoms with Gasteiger partial charge < -0.3 is 39.9 Å². The molecule has 2 saturated heterocycles. The van der Waals surface area contributed by atoms with Crippen molar-refractivity contribution in [1.82, 2.24) is 0 Å². The number of carbonyl (C=O) groups excluding carboxylic acids is 1. The number of halogens is 2. The molecule has 0 spiro atoms. The van der Waals surface area contributed by atoms with E-state index in [1.165, 1.54) is 48.5 Å². The number of aliphatic carboxylic acids is 1. The van der Waals surface area contributed by atoms with Crippen LogP contribution in [0.1, 0.15) is 30.0 Å². The Kier molecular flexibility index (Phi) is 8.41. The zero-order valence-corrected chi connectivity index (χ0v) is 22.1. The summed E-state index contributed by atoms with van der Waals surface area (Å²) < 4.78 is 38.4. The van der Waals surface area contributed by atoms with Crippen LogP contribution in [0.3, 0.4) is 0 Å². The molecule has 2 heterocycles. The molecule has 3 aromatic rings. The Morgan fingerprint density at radius 3 is 2.24 bits per heavy atom. The molecule has 222 valence electrons. The van der Waals surface area contributed by atoms with Gasteiger partial charge in [0.25, 0.3) is 0 Å². The molecule has 2 aliphatic heterocycles. The molecule has 7 atom stereocenters. The van der Waals surface area contributed by atoms with Gasteiger partial charge in [0.2, 0.25) is 12.2 Å². The smallest absolute Gasteiger partial charge is 0.335 e. The first-order chi connectivity index (χ1) is 20.0. The topological polar surface area (TPSA) is 157 Å². The number of aryl methyl sites for hydroxylation is 1. The summed E-state index contributed by atoms with van der Waals surface area (Å²) in [7, 11) is 0. The van der Waals surface area contributed by atoms with Crippen molar-refractivity contribution < 1.29 is 53.4 Å². The first kappa shape index (κ1) is 29.4. The second kappa shape index (κ2) is 12.0. The molecule has 3 unspecified atom stereocenters. The minimum absolute atomic E-state index is 0.0604. The molecule has 0 bridgehead atoms. The van der Waals surface area contributed by atoms with E-state index in [0.29, 0.717) is 30.5 Å². The van der Waals surface area contributed by atoms with Crippen molar-refractivity contribution in [2.45, 2.75) is 56.0 Å². The maximum Gasteiger partial charge on any atom is 0.335 e. The van der Waals surface area contributed by atoms with E-state index in [2.05, 4.69) is 0 Å². The Hall–Kier alpha value is -4.10. The molecule has 5 N–H and O–H groups in total. The number of ether oxygens (including phenoxy) is 2. The van der Waals surface area contributed by atoms with Gasteiger partial charge in [-0.2, -0.15) is 0 Å². The molecule has 10 nitrogen and oxygen atoms in total. The lowest BCUT2D eigenvalue weighted by atomic mass is 9.78. The van der Waals surface area contributed by atoms with Gasteiger partial charge in [-0.25, -0.2) is 13.6 Å². The Morgan fingerprint density at radius 1 is 0.905 bits per heavy atom. The lowest BCUT2D eigenvalue weighted by Crippen LogP contribution is -2.61. The van der Waals surface area contributed by atoms with E-state index in [9.17, 15) is 43.9 Å². The minimum Gasteiger partial charge on any atom is -0.508 e. The third-order valence-electron chi connectivity index (χ3n) is 7.60. The number of anilines is 1. The van der Waals surface area contributed by atoms with Crippen LogP contribution in [0.25, 0.3) is 0 Å². The van der Waals surface area contributed by atoms with Crippen LogP contribution in [0, 0.1) is 17.6 Å². The van der Waals surface area contributed by atoms with Crippen molar-refractivity contribution >= 4 is 17.6 Å². The number of carboxylic acid groups (broad SMARTS) is 1. The van der Waals surface area contributed by atoms with Crippen molar-refractivity contribution in [3.63, 3.8) is 0 Å². The van der Waals surface area contributed by atoms with Crippen molar-refractivity contribution in [1.29, 1.82) is 0 Å². The fourth-order valence-corrected chi connectivity index (χ4v) is 5.40. The van der Waals surface area contributed by atoms with Crippen LogP contribution in [-0.4, -0.2) is 68.1 Å². The molecule has 0 aromatic heterocycles. The number of rotatable bonds is 9. The van der Waals surface area contributed by atoms with Crippen LogP contribution < -0.4 is 9.64 Å². The molecule has 12 heteroatoms. The Labute approximate surface area is 239 Å². The van der Waals surface area contributed by atoms with Crippen molar-refractivity contribution in [3.05, 3.63) is 89.5 Å². The highest BCUT2D eigenvalue weighted by Gasteiger charge is 2.49. The highest BCUT2D eigenvalue weighted by Crippen LogP contribution is 2.46. The molecule has 2 aliphatic rings. The van der Waals surface area contributed by atoms with E-state index in [0.717, 1.165) is 11.6 Å². The standard InChI is InChI=1S/C30H29F2NO9/c31-17-8-10-19(11-9-17)33-23(16-5-12-20(34)13-6-16)21(28(33)38)3-1-2-15-4-7-18(32)14-22(15)41-30-26(37)24(35)25(36)27(42-30)29(39)40/h4-14,21,23-27,30,34-37H,1-3H2,(H,39,40)/t21?,23?,24-,25-,26+,27-,30?/m0/s1.